The SMILES string of the molecule is O=C(O)c1ccccc1NC(=O)N1CCN(Cc2cc3ccccc3s2)CC1. The van der Waals surface area contributed by atoms with Crippen LogP contribution in [0, 0.1) is 0 Å². The summed E-state index contributed by atoms with van der Waals surface area (Å²) < 4.78 is 1.30. The lowest BCUT2D eigenvalue weighted by molar-refractivity contribution is 0.0698. The van der Waals surface area contributed by atoms with Crippen LogP contribution in [0.5, 0.6) is 0 Å². The minimum atomic E-state index is -1.05. The first-order valence-electron chi connectivity index (χ1n) is 9.18. The molecule has 3 aromatic rings. The second-order valence-electron chi connectivity index (χ2n) is 6.79. The highest BCUT2D eigenvalue weighted by atomic mass is 32.1. The van der Waals surface area contributed by atoms with E-state index in [0.29, 0.717) is 18.8 Å². The number of aromatic carboxylic acids is 1. The van der Waals surface area contributed by atoms with E-state index in [4.69, 9.17) is 0 Å². The first-order valence-corrected chi connectivity index (χ1v) is 10.00. The number of benzene rings is 2. The van der Waals surface area contributed by atoms with Crippen molar-refractivity contribution in [3.63, 3.8) is 0 Å². The molecule has 144 valence electrons. The zero-order valence-electron chi connectivity index (χ0n) is 15.3. The van der Waals surface area contributed by atoms with E-state index in [-0.39, 0.29) is 11.6 Å². The number of para-hydroxylation sites is 1. The Hall–Kier alpha value is -2.90. The maximum Gasteiger partial charge on any atom is 0.337 e. The topological polar surface area (TPSA) is 72.9 Å². The van der Waals surface area contributed by atoms with Gasteiger partial charge in [-0.2, -0.15) is 0 Å². The van der Waals surface area contributed by atoms with Gasteiger partial charge in [0.05, 0.1) is 11.3 Å². The van der Waals surface area contributed by atoms with Gasteiger partial charge in [-0.05, 0) is 29.7 Å². The molecular weight excluding hydrogens is 374 g/mol. The molecule has 0 saturated carbocycles. The number of rotatable bonds is 4. The van der Waals surface area contributed by atoms with Crippen molar-refractivity contribution in [2.75, 3.05) is 31.5 Å². The van der Waals surface area contributed by atoms with Crippen LogP contribution in [-0.2, 0) is 6.54 Å². The van der Waals surface area contributed by atoms with Gasteiger partial charge >= 0.3 is 12.0 Å². The molecule has 1 saturated heterocycles. The Balaban J connectivity index is 1.33. The van der Waals surface area contributed by atoms with Crippen molar-refractivity contribution < 1.29 is 14.7 Å². The minimum Gasteiger partial charge on any atom is -0.478 e. The number of fused-ring (bicyclic) bond motifs is 1. The predicted octanol–water partition coefficient (Wildman–Crippen LogP) is 3.95. The molecule has 4 rings (SSSR count). The molecule has 7 heteroatoms. The molecule has 0 spiro atoms. The number of nitrogens with zero attached hydrogens (tertiary/aromatic N) is 2. The summed E-state index contributed by atoms with van der Waals surface area (Å²) in [6.07, 6.45) is 0. The normalized spacial score (nSPS) is 14.9. The zero-order valence-corrected chi connectivity index (χ0v) is 16.1. The average molecular weight is 395 g/mol. The zero-order chi connectivity index (χ0) is 19.5. The molecule has 28 heavy (non-hydrogen) atoms. The second-order valence-corrected chi connectivity index (χ2v) is 7.96. The molecule has 2 amide bonds. The van der Waals surface area contributed by atoms with Gasteiger partial charge in [0.15, 0.2) is 0 Å². The summed E-state index contributed by atoms with van der Waals surface area (Å²) in [6, 6.07) is 16.8. The molecule has 1 aliphatic heterocycles. The van der Waals surface area contributed by atoms with Gasteiger partial charge in [0.1, 0.15) is 0 Å². The van der Waals surface area contributed by atoms with Crippen LogP contribution in [-0.4, -0.2) is 53.1 Å². The minimum absolute atomic E-state index is 0.0965. The first kappa shape index (κ1) is 18.5. The molecule has 1 aliphatic rings. The number of urea groups is 1. The van der Waals surface area contributed by atoms with Gasteiger partial charge < -0.3 is 15.3 Å². The quantitative estimate of drug-likeness (QED) is 0.702. The number of hydrogen-bond acceptors (Lipinski definition) is 4. The van der Waals surface area contributed by atoms with Gasteiger partial charge in [0, 0.05) is 42.3 Å². The van der Waals surface area contributed by atoms with Gasteiger partial charge in [0.2, 0.25) is 0 Å². The van der Waals surface area contributed by atoms with Crippen LogP contribution >= 0.6 is 11.3 Å². The number of nitrogens with one attached hydrogen (secondary N) is 1. The molecule has 2 heterocycles. The number of anilines is 1. The van der Waals surface area contributed by atoms with Crippen LogP contribution < -0.4 is 5.32 Å². The summed E-state index contributed by atoms with van der Waals surface area (Å²) in [4.78, 5) is 29.2. The summed E-state index contributed by atoms with van der Waals surface area (Å²) in [7, 11) is 0. The Kier molecular flexibility index (Phi) is 5.27. The number of piperazine rings is 1. The number of carbonyl (C=O) groups is 2. The average Bonchev–Trinajstić information content (AvgIpc) is 3.11. The largest absolute Gasteiger partial charge is 0.478 e. The Morgan fingerprint density at radius 1 is 1.00 bits per heavy atom. The molecule has 2 aromatic carbocycles. The third kappa shape index (κ3) is 4.00. The van der Waals surface area contributed by atoms with Crippen LogP contribution in [0.3, 0.4) is 0 Å². The van der Waals surface area contributed by atoms with E-state index in [0.717, 1.165) is 19.6 Å². The van der Waals surface area contributed by atoms with Gasteiger partial charge in [0.25, 0.3) is 0 Å². The maximum atomic E-state index is 12.5. The molecule has 1 aromatic heterocycles. The van der Waals surface area contributed by atoms with Crippen molar-refractivity contribution in [3.05, 3.63) is 65.0 Å². The molecule has 2 N–H and O–H groups in total. The lowest BCUT2D eigenvalue weighted by Gasteiger charge is -2.34. The molecule has 6 nitrogen and oxygen atoms in total. The summed E-state index contributed by atoms with van der Waals surface area (Å²) in [5, 5.41) is 13.3. The van der Waals surface area contributed by atoms with Crippen molar-refractivity contribution >= 4 is 39.1 Å². The highest BCUT2D eigenvalue weighted by Crippen LogP contribution is 2.26. The number of hydrogen-bond donors (Lipinski definition) is 2. The van der Waals surface area contributed by atoms with Crippen molar-refractivity contribution in [2.45, 2.75) is 6.54 Å². The number of thiophene rings is 1. The van der Waals surface area contributed by atoms with Crippen LogP contribution in [0.15, 0.2) is 54.6 Å². The molecule has 0 aliphatic carbocycles. The molecule has 0 bridgehead atoms. The summed E-state index contributed by atoms with van der Waals surface area (Å²) >= 11 is 1.81. The molecule has 0 unspecified atom stereocenters. The van der Waals surface area contributed by atoms with E-state index < -0.39 is 5.97 Å². The fraction of sp³-hybridized carbons (Fsp3) is 0.238. The van der Waals surface area contributed by atoms with E-state index in [2.05, 4.69) is 40.5 Å². The van der Waals surface area contributed by atoms with Gasteiger partial charge in [-0.1, -0.05) is 30.3 Å². The summed E-state index contributed by atoms with van der Waals surface area (Å²) in [6.45, 7) is 3.71. The second kappa shape index (κ2) is 8.00. The summed E-state index contributed by atoms with van der Waals surface area (Å²) in [5.41, 5.74) is 0.423. The third-order valence-electron chi connectivity index (χ3n) is 4.91. The van der Waals surface area contributed by atoms with Crippen molar-refractivity contribution in [3.8, 4) is 0 Å². The highest BCUT2D eigenvalue weighted by Gasteiger charge is 2.22. The number of amides is 2. The van der Waals surface area contributed by atoms with E-state index >= 15 is 0 Å². The number of carboxylic acid groups (broad SMARTS) is 1. The van der Waals surface area contributed by atoms with Crippen molar-refractivity contribution in [1.29, 1.82) is 0 Å². The summed E-state index contributed by atoms with van der Waals surface area (Å²) in [5.74, 6) is -1.05. The molecular formula is C21H21N3O3S. The van der Waals surface area contributed by atoms with Crippen LogP contribution in [0.1, 0.15) is 15.2 Å². The van der Waals surface area contributed by atoms with Gasteiger partial charge in [-0.3, -0.25) is 4.90 Å². The van der Waals surface area contributed by atoms with E-state index in [1.54, 1.807) is 23.1 Å². The lowest BCUT2D eigenvalue weighted by atomic mass is 10.2. The van der Waals surface area contributed by atoms with E-state index in [1.165, 1.54) is 21.0 Å². The van der Waals surface area contributed by atoms with Crippen molar-refractivity contribution in [2.24, 2.45) is 0 Å². The van der Waals surface area contributed by atoms with Crippen LogP contribution in [0.2, 0.25) is 0 Å². The Labute approximate surface area is 167 Å². The number of carbonyl (C=O) groups excluding carboxylic acids is 1. The van der Waals surface area contributed by atoms with Crippen molar-refractivity contribution in [1.82, 2.24) is 9.80 Å². The molecule has 1 fully saturated rings. The maximum absolute atomic E-state index is 12.5. The lowest BCUT2D eigenvalue weighted by Crippen LogP contribution is -2.49. The predicted molar refractivity (Wildman–Crippen MR) is 111 cm³/mol. The Bertz CT molecular complexity index is 976. The standard InChI is InChI=1S/C21H21N3O3S/c25-20(26)17-6-2-3-7-18(17)22-21(27)24-11-9-23(10-12-24)14-16-13-15-5-1-4-8-19(15)28-16/h1-8,13H,9-12,14H2,(H,22,27)(H,25,26). The highest BCUT2D eigenvalue weighted by molar-refractivity contribution is 7.19. The smallest absolute Gasteiger partial charge is 0.337 e. The fourth-order valence-corrected chi connectivity index (χ4v) is 4.52. The van der Waals surface area contributed by atoms with E-state index in [1.807, 2.05) is 11.3 Å². The van der Waals surface area contributed by atoms with E-state index in [9.17, 15) is 14.7 Å². The monoisotopic (exact) mass is 395 g/mol. The fourth-order valence-electron chi connectivity index (χ4n) is 3.42. The third-order valence-corrected chi connectivity index (χ3v) is 6.02. The van der Waals surface area contributed by atoms with Gasteiger partial charge in [-0.15, -0.1) is 11.3 Å². The molecule has 0 atom stereocenters. The Morgan fingerprint density at radius 2 is 1.71 bits per heavy atom. The first-order chi connectivity index (χ1) is 13.6. The van der Waals surface area contributed by atoms with Gasteiger partial charge in [-0.25, -0.2) is 9.59 Å². The number of carboxylic acids is 1. The van der Waals surface area contributed by atoms with Crippen LogP contribution in [0.25, 0.3) is 10.1 Å². The Morgan fingerprint density at radius 3 is 2.46 bits per heavy atom. The van der Waals surface area contributed by atoms with Crippen LogP contribution in [0.4, 0.5) is 10.5 Å². The molecule has 0 radical (unpaired) electrons.